The van der Waals surface area contributed by atoms with Crippen molar-refractivity contribution in [2.24, 2.45) is 11.7 Å². The highest BCUT2D eigenvalue weighted by Crippen LogP contribution is 2.24. The molecule has 0 amide bonds. The van der Waals surface area contributed by atoms with Crippen LogP contribution in [0.15, 0.2) is 18.2 Å². The third kappa shape index (κ3) is 2.47. The van der Waals surface area contributed by atoms with E-state index in [0.717, 1.165) is 0 Å². The van der Waals surface area contributed by atoms with Gasteiger partial charge in [-0.3, -0.25) is 0 Å². The molecule has 1 aromatic rings. The average molecular weight is 208 g/mol. The summed E-state index contributed by atoms with van der Waals surface area (Å²) in [4.78, 5) is 11.0. The van der Waals surface area contributed by atoms with Crippen LogP contribution in [0.5, 0.6) is 0 Å². The summed E-state index contributed by atoms with van der Waals surface area (Å²) in [5, 5.41) is 9.01. The highest BCUT2D eigenvalue weighted by molar-refractivity contribution is 5.90. The molecule has 0 heterocycles. The highest BCUT2D eigenvalue weighted by atomic mass is 16.4. The molecule has 0 radical (unpaired) electrons. The van der Waals surface area contributed by atoms with Gasteiger partial charge in [-0.25, -0.2) is 4.79 Å². The van der Waals surface area contributed by atoms with E-state index in [-0.39, 0.29) is 17.5 Å². The van der Waals surface area contributed by atoms with Crippen molar-refractivity contribution >= 4 is 11.7 Å². The predicted molar refractivity (Wildman–Crippen MR) is 59.6 cm³/mol. The summed E-state index contributed by atoms with van der Waals surface area (Å²) in [6, 6.07) is 4.52. The van der Waals surface area contributed by atoms with E-state index in [2.05, 4.69) is 0 Å². The average Bonchev–Trinajstić information content (AvgIpc) is 2.16. The van der Waals surface area contributed by atoms with Gasteiger partial charge in [0.1, 0.15) is 0 Å². The van der Waals surface area contributed by atoms with Gasteiger partial charge in [0.15, 0.2) is 0 Å². The number of benzene rings is 1. The molecule has 0 spiro atoms. The quantitative estimate of drug-likeness (QED) is 0.658. The van der Waals surface area contributed by atoms with Crippen molar-refractivity contribution < 1.29 is 9.90 Å². The normalized spacial score (nSPS) is 12.8. The number of carboxylic acids is 1. The first-order valence-corrected chi connectivity index (χ1v) is 4.81. The number of carboxylic acid groups (broad SMARTS) is 1. The summed E-state index contributed by atoms with van der Waals surface area (Å²) in [6.07, 6.45) is 0. The summed E-state index contributed by atoms with van der Waals surface area (Å²) in [5.41, 5.74) is 12.7. The lowest BCUT2D eigenvalue weighted by Crippen LogP contribution is -2.20. The number of anilines is 1. The second-order valence-electron chi connectivity index (χ2n) is 3.92. The van der Waals surface area contributed by atoms with Gasteiger partial charge in [0, 0.05) is 11.7 Å². The summed E-state index contributed by atoms with van der Waals surface area (Å²) in [5.74, 6) is -0.805. The van der Waals surface area contributed by atoms with Gasteiger partial charge in [-0.05, 0) is 23.6 Å². The molecule has 4 nitrogen and oxygen atoms in total. The van der Waals surface area contributed by atoms with Crippen LogP contribution in [0.25, 0.3) is 0 Å². The van der Waals surface area contributed by atoms with Gasteiger partial charge < -0.3 is 16.6 Å². The first kappa shape index (κ1) is 11.5. The Morgan fingerprint density at radius 3 is 2.47 bits per heavy atom. The Morgan fingerprint density at radius 1 is 1.40 bits per heavy atom. The van der Waals surface area contributed by atoms with E-state index in [0.29, 0.717) is 11.3 Å². The Bertz CT molecular complexity index is 375. The van der Waals surface area contributed by atoms with Crippen LogP contribution in [0.2, 0.25) is 0 Å². The standard InChI is InChI=1S/C11H16N2O2/c1-6(2)10(13)8-4-3-7(12)5-9(8)11(14)15/h3-6,10H,12-13H2,1-2H3,(H,14,15). The van der Waals surface area contributed by atoms with Crippen molar-refractivity contribution in [1.29, 1.82) is 0 Å². The smallest absolute Gasteiger partial charge is 0.336 e. The number of aromatic carboxylic acids is 1. The molecule has 0 bridgehead atoms. The van der Waals surface area contributed by atoms with Gasteiger partial charge in [-0.2, -0.15) is 0 Å². The van der Waals surface area contributed by atoms with Crippen LogP contribution in [0.4, 0.5) is 5.69 Å². The molecule has 15 heavy (non-hydrogen) atoms. The molecule has 0 aliphatic heterocycles. The van der Waals surface area contributed by atoms with Crippen molar-refractivity contribution in [3.05, 3.63) is 29.3 Å². The minimum atomic E-state index is -0.992. The van der Waals surface area contributed by atoms with E-state index in [4.69, 9.17) is 16.6 Å². The molecule has 82 valence electrons. The van der Waals surface area contributed by atoms with Gasteiger partial charge >= 0.3 is 5.97 Å². The lowest BCUT2D eigenvalue weighted by molar-refractivity contribution is 0.0695. The van der Waals surface area contributed by atoms with Crippen molar-refractivity contribution in [3.63, 3.8) is 0 Å². The molecule has 0 aromatic heterocycles. The summed E-state index contributed by atoms with van der Waals surface area (Å²) in [6.45, 7) is 3.90. The summed E-state index contributed by atoms with van der Waals surface area (Å²) < 4.78 is 0. The Kier molecular flexibility index (Phi) is 3.31. The Morgan fingerprint density at radius 2 is 2.00 bits per heavy atom. The number of carbonyl (C=O) groups is 1. The highest BCUT2D eigenvalue weighted by Gasteiger charge is 2.18. The van der Waals surface area contributed by atoms with Crippen LogP contribution in [-0.2, 0) is 0 Å². The molecular weight excluding hydrogens is 192 g/mol. The van der Waals surface area contributed by atoms with E-state index in [9.17, 15) is 4.79 Å². The molecule has 4 heteroatoms. The van der Waals surface area contributed by atoms with Crippen LogP contribution >= 0.6 is 0 Å². The first-order chi connectivity index (χ1) is 6.93. The zero-order valence-corrected chi connectivity index (χ0v) is 8.90. The second-order valence-corrected chi connectivity index (χ2v) is 3.92. The zero-order valence-electron chi connectivity index (χ0n) is 8.90. The fourth-order valence-electron chi connectivity index (χ4n) is 1.41. The molecule has 5 N–H and O–H groups in total. The molecule has 0 saturated carbocycles. The molecule has 0 fully saturated rings. The number of hydrogen-bond donors (Lipinski definition) is 3. The Balaban J connectivity index is 3.22. The Hall–Kier alpha value is -1.55. The van der Waals surface area contributed by atoms with Gasteiger partial charge in [-0.1, -0.05) is 19.9 Å². The van der Waals surface area contributed by atoms with Crippen LogP contribution < -0.4 is 11.5 Å². The molecule has 0 aliphatic rings. The van der Waals surface area contributed by atoms with Gasteiger partial charge in [-0.15, -0.1) is 0 Å². The molecule has 1 aromatic carbocycles. The number of nitrogen functional groups attached to an aromatic ring is 1. The first-order valence-electron chi connectivity index (χ1n) is 4.81. The molecule has 1 rings (SSSR count). The van der Waals surface area contributed by atoms with Crippen molar-refractivity contribution in [2.75, 3.05) is 5.73 Å². The minimum absolute atomic E-state index is 0.187. The maximum Gasteiger partial charge on any atom is 0.336 e. The van der Waals surface area contributed by atoms with Crippen molar-refractivity contribution in [3.8, 4) is 0 Å². The number of hydrogen-bond acceptors (Lipinski definition) is 3. The lowest BCUT2D eigenvalue weighted by Gasteiger charge is -2.18. The van der Waals surface area contributed by atoms with Crippen LogP contribution in [0, 0.1) is 5.92 Å². The molecular formula is C11H16N2O2. The molecule has 0 aliphatic carbocycles. The number of nitrogens with two attached hydrogens (primary N) is 2. The van der Waals surface area contributed by atoms with E-state index < -0.39 is 5.97 Å². The van der Waals surface area contributed by atoms with Crippen molar-refractivity contribution in [2.45, 2.75) is 19.9 Å². The van der Waals surface area contributed by atoms with E-state index in [1.54, 1.807) is 12.1 Å². The van der Waals surface area contributed by atoms with E-state index in [1.165, 1.54) is 6.07 Å². The third-order valence-electron chi connectivity index (χ3n) is 2.39. The van der Waals surface area contributed by atoms with Crippen LogP contribution in [0.3, 0.4) is 0 Å². The topological polar surface area (TPSA) is 89.3 Å². The minimum Gasteiger partial charge on any atom is -0.478 e. The maximum absolute atomic E-state index is 11.0. The van der Waals surface area contributed by atoms with Gasteiger partial charge in [0.2, 0.25) is 0 Å². The van der Waals surface area contributed by atoms with Crippen molar-refractivity contribution in [1.82, 2.24) is 0 Å². The van der Waals surface area contributed by atoms with Gasteiger partial charge in [0.05, 0.1) is 5.56 Å². The van der Waals surface area contributed by atoms with E-state index >= 15 is 0 Å². The van der Waals surface area contributed by atoms with E-state index in [1.807, 2.05) is 13.8 Å². The molecule has 1 atom stereocenters. The lowest BCUT2D eigenvalue weighted by atomic mass is 9.92. The predicted octanol–water partition coefficient (Wildman–Crippen LogP) is 1.62. The van der Waals surface area contributed by atoms with Crippen LogP contribution in [0.1, 0.15) is 35.8 Å². The summed E-state index contributed by atoms with van der Waals surface area (Å²) >= 11 is 0. The second kappa shape index (κ2) is 4.31. The molecule has 0 saturated heterocycles. The third-order valence-corrected chi connectivity index (χ3v) is 2.39. The van der Waals surface area contributed by atoms with Crippen LogP contribution in [-0.4, -0.2) is 11.1 Å². The maximum atomic E-state index is 11.0. The fraction of sp³-hybridized carbons (Fsp3) is 0.364. The largest absolute Gasteiger partial charge is 0.478 e. The fourth-order valence-corrected chi connectivity index (χ4v) is 1.41. The monoisotopic (exact) mass is 208 g/mol. The number of rotatable bonds is 3. The zero-order chi connectivity index (χ0) is 11.6. The molecule has 1 unspecified atom stereocenters. The van der Waals surface area contributed by atoms with Gasteiger partial charge in [0.25, 0.3) is 0 Å². The Labute approximate surface area is 88.9 Å². The SMILES string of the molecule is CC(C)C(N)c1ccc(N)cc1C(=O)O. The summed E-state index contributed by atoms with van der Waals surface area (Å²) in [7, 11) is 0.